The Kier molecular flexibility index (Phi) is 11.5. The molecule has 1 saturated carbocycles. The fourth-order valence-electron chi connectivity index (χ4n) is 5.74. The van der Waals surface area contributed by atoms with Gasteiger partial charge < -0.3 is 98.6 Å². The first-order valence-electron chi connectivity index (χ1n) is 13.9. The summed E-state index contributed by atoms with van der Waals surface area (Å²) in [5.74, 6) is 0. The van der Waals surface area contributed by atoms with Crippen LogP contribution in [0, 0.1) is 0 Å². The van der Waals surface area contributed by atoms with E-state index in [2.05, 4.69) is 0 Å². The summed E-state index contributed by atoms with van der Waals surface area (Å²) < 4.78 is 34.6. The number of aliphatic hydroxyl groups is 7. The molecule has 0 aromatic heterocycles. The van der Waals surface area contributed by atoms with Crippen LogP contribution in [-0.4, -0.2) is 172 Å². The average molecular weight is 615 g/mol. The maximum absolute atomic E-state index is 11.1. The molecule has 246 valence electrons. The van der Waals surface area contributed by atoms with E-state index >= 15 is 0 Å². The molecule has 19 atom stereocenters. The second-order valence-electron chi connectivity index (χ2n) is 11.2. The Morgan fingerprint density at radius 3 is 1.45 bits per heavy atom. The second kappa shape index (κ2) is 14.1. The van der Waals surface area contributed by atoms with Gasteiger partial charge in [-0.2, -0.15) is 0 Å². The van der Waals surface area contributed by atoms with E-state index in [-0.39, 0.29) is 19.5 Å². The van der Waals surface area contributed by atoms with Crippen LogP contribution < -0.4 is 34.4 Å². The second-order valence-corrected chi connectivity index (χ2v) is 11.2. The van der Waals surface area contributed by atoms with Gasteiger partial charge in [-0.1, -0.05) is 0 Å². The van der Waals surface area contributed by atoms with Gasteiger partial charge in [0.2, 0.25) is 0 Å². The van der Waals surface area contributed by atoms with E-state index < -0.39 is 123 Å². The van der Waals surface area contributed by atoms with Crippen LogP contribution in [0.5, 0.6) is 0 Å². The number of nitrogens with two attached hydrogens (primary N) is 6. The van der Waals surface area contributed by atoms with Crippen molar-refractivity contribution in [1.29, 1.82) is 0 Å². The average Bonchev–Trinajstić information content (AvgIpc) is 3.27. The van der Waals surface area contributed by atoms with Gasteiger partial charge in [0.05, 0.1) is 24.8 Å². The van der Waals surface area contributed by atoms with Crippen LogP contribution in [0.1, 0.15) is 6.42 Å². The van der Waals surface area contributed by atoms with Crippen LogP contribution in [-0.2, 0) is 28.4 Å². The van der Waals surface area contributed by atoms with Crippen LogP contribution in [0.15, 0.2) is 0 Å². The minimum absolute atomic E-state index is 0.0889. The van der Waals surface area contributed by atoms with E-state index in [1.165, 1.54) is 0 Å². The molecule has 3 heterocycles. The number of ether oxygens (including phenoxy) is 6. The summed E-state index contributed by atoms with van der Waals surface area (Å²) in [7, 11) is 0. The van der Waals surface area contributed by atoms with Crippen molar-refractivity contribution in [2.45, 2.75) is 123 Å². The predicted molar refractivity (Wildman–Crippen MR) is 138 cm³/mol. The van der Waals surface area contributed by atoms with E-state index in [1.807, 2.05) is 0 Å². The molecule has 42 heavy (non-hydrogen) atoms. The van der Waals surface area contributed by atoms with E-state index in [9.17, 15) is 35.7 Å². The molecule has 0 spiro atoms. The van der Waals surface area contributed by atoms with E-state index in [4.69, 9.17) is 62.8 Å². The minimum atomic E-state index is -1.60. The highest BCUT2D eigenvalue weighted by Gasteiger charge is 2.54. The van der Waals surface area contributed by atoms with Crippen molar-refractivity contribution in [3.8, 4) is 0 Å². The summed E-state index contributed by atoms with van der Waals surface area (Å²) >= 11 is 0. The third-order valence-electron chi connectivity index (χ3n) is 8.37. The highest BCUT2D eigenvalue weighted by atomic mass is 16.8. The Morgan fingerprint density at radius 2 is 0.976 bits per heavy atom. The molecule has 4 aliphatic rings. The van der Waals surface area contributed by atoms with Crippen LogP contribution in [0.3, 0.4) is 0 Å². The molecule has 19 nitrogen and oxygen atoms in total. The van der Waals surface area contributed by atoms with Gasteiger partial charge in [0.1, 0.15) is 67.1 Å². The normalized spacial score (nSPS) is 53.8. The fraction of sp³-hybridized carbons (Fsp3) is 1.00. The molecular weight excluding hydrogens is 568 g/mol. The minimum Gasteiger partial charge on any atom is -0.394 e. The lowest BCUT2D eigenvalue weighted by Gasteiger charge is -2.47. The van der Waals surface area contributed by atoms with Gasteiger partial charge in [-0.05, 0) is 6.42 Å². The SMILES string of the molecule is NC[C@@H]1O[C@H](O[C@H]2[C@@H](O[C@@H]3O[C@H](CO)[C@H](O[C@@H]4O[C@H](CN)[C@H](O)[C@H](O)[C@@H]4N)[C@@H]3O)[C@@H](O)[C@@H](N)C[C@H]2N)[C@H](N)[C@@H](O)[C@H]1O. The third-order valence-corrected chi connectivity index (χ3v) is 8.37. The smallest absolute Gasteiger partial charge is 0.187 e. The Bertz CT molecular complexity index is 868. The van der Waals surface area contributed by atoms with Crippen molar-refractivity contribution >= 4 is 0 Å². The molecule has 0 aromatic carbocycles. The van der Waals surface area contributed by atoms with Gasteiger partial charge in [-0.15, -0.1) is 0 Å². The van der Waals surface area contributed by atoms with Crippen LogP contribution in [0.4, 0.5) is 0 Å². The lowest BCUT2D eigenvalue weighted by atomic mass is 9.84. The van der Waals surface area contributed by atoms with Gasteiger partial charge in [0.15, 0.2) is 18.9 Å². The Labute approximate surface area is 241 Å². The number of aliphatic hydroxyl groups excluding tert-OH is 7. The standard InChI is InChI=1S/C23H46N6O13/c24-2-7-13(32)15(34)10(28)21(37-7)40-18-6(27)1-5(26)12(31)20(18)42-23-17(36)19(9(4-30)39-23)41-22-11(29)16(35)14(33)8(3-25)38-22/h5-23,30-36H,1-4,24-29H2/t5-,6+,7-,8+,9+,10+,11-,12-,13-,14-,15+,16+,17-,18+,19-,20-,21+,22-,23-/m0/s1. The summed E-state index contributed by atoms with van der Waals surface area (Å²) in [4.78, 5) is 0. The van der Waals surface area contributed by atoms with Crippen LogP contribution in [0.25, 0.3) is 0 Å². The summed E-state index contributed by atoms with van der Waals surface area (Å²) in [6.45, 7) is -0.967. The number of rotatable bonds is 9. The zero-order chi connectivity index (χ0) is 31.0. The van der Waals surface area contributed by atoms with Gasteiger partial charge in [0, 0.05) is 25.2 Å². The molecule has 19 heteroatoms. The molecule has 0 radical (unpaired) electrons. The van der Waals surface area contributed by atoms with Crippen LogP contribution in [0.2, 0.25) is 0 Å². The predicted octanol–water partition coefficient (Wildman–Crippen LogP) is -8.90. The molecule has 3 saturated heterocycles. The zero-order valence-corrected chi connectivity index (χ0v) is 22.8. The monoisotopic (exact) mass is 614 g/mol. The molecule has 0 bridgehead atoms. The molecule has 3 aliphatic heterocycles. The summed E-state index contributed by atoms with van der Waals surface area (Å²) in [5.41, 5.74) is 35.6. The maximum Gasteiger partial charge on any atom is 0.187 e. The summed E-state index contributed by atoms with van der Waals surface area (Å²) in [6.07, 6.45) is -19.8. The number of hydrogen-bond donors (Lipinski definition) is 13. The first-order chi connectivity index (χ1) is 19.8. The van der Waals surface area contributed by atoms with Crippen molar-refractivity contribution in [1.82, 2.24) is 0 Å². The van der Waals surface area contributed by atoms with Gasteiger partial charge in [-0.3, -0.25) is 0 Å². The van der Waals surface area contributed by atoms with Crippen molar-refractivity contribution in [3.63, 3.8) is 0 Å². The zero-order valence-electron chi connectivity index (χ0n) is 22.8. The van der Waals surface area contributed by atoms with Crippen molar-refractivity contribution in [2.24, 2.45) is 34.4 Å². The van der Waals surface area contributed by atoms with Crippen molar-refractivity contribution < 1.29 is 64.2 Å². The molecular formula is C23H46N6O13. The maximum atomic E-state index is 11.1. The van der Waals surface area contributed by atoms with Gasteiger partial charge >= 0.3 is 0 Å². The molecule has 0 aromatic rings. The molecule has 4 fully saturated rings. The van der Waals surface area contributed by atoms with Gasteiger partial charge in [0.25, 0.3) is 0 Å². The topological polar surface area (TPSA) is 353 Å². The van der Waals surface area contributed by atoms with E-state index in [0.717, 1.165) is 0 Å². The van der Waals surface area contributed by atoms with Crippen molar-refractivity contribution in [3.05, 3.63) is 0 Å². The van der Waals surface area contributed by atoms with Crippen molar-refractivity contribution in [2.75, 3.05) is 19.7 Å². The summed E-state index contributed by atoms with van der Waals surface area (Å²) in [6, 6.07) is -4.18. The lowest BCUT2D eigenvalue weighted by molar-refractivity contribution is -0.306. The van der Waals surface area contributed by atoms with E-state index in [0.29, 0.717) is 0 Å². The first-order valence-corrected chi connectivity index (χ1v) is 13.9. The third kappa shape index (κ3) is 6.60. The Morgan fingerprint density at radius 1 is 0.524 bits per heavy atom. The molecule has 0 unspecified atom stereocenters. The Hall–Kier alpha value is -0.760. The molecule has 19 N–H and O–H groups in total. The highest BCUT2D eigenvalue weighted by Crippen LogP contribution is 2.34. The molecule has 0 amide bonds. The molecule has 1 aliphatic carbocycles. The highest BCUT2D eigenvalue weighted by molar-refractivity contribution is 5.02. The van der Waals surface area contributed by atoms with Crippen LogP contribution >= 0.6 is 0 Å². The largest absolute Gasteiger partial charge is 0.394 e. The quantitative estimate of drug-likeness (QED) is 0.115. The summed E-state index contributed by atoms with van der Waals surface area (Å²) in [5, 5.41) is 73.0. The molecule has 4 rings (SSSR count). The fourth-order valence-corrected chi connectivity index (χ4v) is 5.74. The van der Waals surface area contributed by atoms with Gasteiger partial charge in [-0.25, -0.2) is 0 Å². The lowest BCUT2D eigenvalue weighted by Crippen LogP contribution is -2.68. The first kappa shape index (κ1) is 34.1. The number of hydrogen-bond acceptors (Lipinski definition) is 19. The Balaban J connectivity index is 1.50. The van der Waals surface area contributed by atoms with E-state index in [1.54, 1.807) is 0 Å².